The molecular formula is C19H20FN3OS. The average Bonchev–Trinajstić information content (AvgIpc) is 2.94. The van der Waals surface area contributed by atoms with Crippen LogP contribution >= 0.6 is 11.8 Å². The molecule has 2 aromatic heterocycles. The summed E-state index contributed by atoms with van der Waals surface area (Å²) in [6.45, 7) is 4.53. The molecule has 0 radical (unpaired) electrons. The number of pyridine rings is 1. The van der Waals surface area contributed by atoms with Gasteiger partial charge in [0.25, 0.3) is 0 Å². The van der Waals surface area contributed by atoms with Crippen LogP contribution in [0.3, 0.4) is 0 Å². The predicted octanol–water partition coefficient (Wildman–Crippen LogP) is 4.23. The Balaban J connectivity index is 2.05. The van der Waals surface area contributed by atoms with Gasteiger partial charge in [-0.15, -0.1) is 0 Å². The lowest BCUT2D eigenvalue weighted by Crippen LogP contribution is -2.07. The molecule has 1 aromatic carbocycles. The van der Waals surface area contributed by atoms with Crippen molar-refractivity contribution in [2.24, 2.45) is 0 Å². The number of hydrogen-bond donors (Lipinski definition) is 1. The molecule has 0 aliphatic heterocycles. The van der Waals surface area contributed by atoms with Gasteiger partial charge in [0.1, 0.15) is 23.3 Å². The molecule has 3 rings (SSSR count). The fourth-order valence-electron chi connectivity index (χ4n) is 2.59. The van der Waals surface area contributed by atoms with Crippen molar-refractivity contribution in [2.75, 3.05) is 0 Å². The molecule has 1 N–H and O–H groups in total. The van der Waals surface area contributed by atoms with Gasteiger partial charge in [0.05, 0.1) is 12.2 Å². The van der Waals surface area contributed by atoms with E-state index >= 15 is 0 Å². The van der Waals surface area contributed by atoms with Crippen LogP contribution in [0.1, 0.15) is 36.8 Å². The standard InChI is InChI=1S/C19H20FN3OS/c1-13(2)18-19(25-16-7-3-6-15(20)9-16)23(17(12-24)22-18)11-14-5-4-8-21-10-14/h3-10,13,24H,11-12H2,1-2H3. The van der Waals surface area contributed by atoms with Crippen molar-refractivity contribution in [3.8, 4) is 0 Å². The highest BCUT2D eigenvalue weighted by Crippen LogP contribution is 2.35. The highest BCUT2D eigenvalue weighted by Gasteiger charge is 2.20. The molecule has 4 nitrogen and oxygen atoms in total. The predicted molar refractivity (Wildman–Crippen MR) is 96.1 cm³/mol. The fourth-order valence-corrected chi connectivity index (χ4v) is 3.79. The molecule has 0 aliphatic rings. The Hall–Kier alpha value is -2.18. The third-order valence-electron chi connectivity index (χ3n) is 3.79. The minimum absolute atomic E-state index is 0.149. The molecule has 0 bridgehead atoms. The number of rotatable bonds is 6. The van der Waals surface area contributed by atoms with E-state index in [2.05, 4.69) is 23.8 Å². The molecule has 130 valence electrons. The summed E-state index contributed by atoms with van der Waals surface area (Å²) in [6.07, 6.45) is 3.53. The van der Waals surface area contributed by atoms with E-state index < -0.39 is 0 Å². The maximum atomic E-state index is 13.6. The number of aliphatic hydroxyl groups is 1. The zero-order valence-electron chi connectivity index (χ0n) is 14.2. The van der Waals surface area contributed by atoms with Gasteiger partial charge in [-0.3, -0.25) is 4.98 Å². The third kappa shape index (κ3) is 4.08. The van der Waals surface area contributed by atoms with Crippen LogP contribution in [0.5, 0.6) is 0 Å². The summed E-state index contributed by atoms with van der Waals surface area (Å²) in [4.78, 5) is 9.58. The SMILES string of the molecule is CC(C)c1nc(CO)n(Cc2cccnc2)c1Sc1cccc(F)c1. The number of nitrogens with zero attached hydrogens (tertiary/aromatic N) is 3. The van der Waals surface area contributed by atoms with Gasteiger partial charge in [-0.1, -0.05) is 37.7 Å². The Bertz CT molecular complexity index is 849. The number of benzene rings is 1. The van der Waals surface area contributed by atoms with E-state index in [1.54, 1.807) is 18.5 Å². The Morgan fingerprint density at radius 3 is 2.72 bits per heavy atom. The quantitative estimate of drug-likeness (QED) is 0.717. The summed E-state index contributed by atoms with van der Waals surface area (Å²) < 4.78 is 15.6. The molecule has 0 saturated carbocycles. The van der Waals surface area contributed by atoms with Crippen LogP contribution in [0.15, 0.2) is 58.7 Å². The van der Waals surface area contributed by atoms with Crippen molar-refractivity contribution in [2.45, 2.75) is 42.8 Å². The molecule has 0 amide bonds. The van der Waals surface area contributed by atoms with Crippen molar-refractivity contribution < 1.29 is 9.50 Å². The molecule has 3 aromatic rings. The third-order valence-corrected chi connectivity index (χ3v) is 4.90. The number of aliphatic hydroxyl groups excluding tert-OH is 1. The van der Waals surface area contributed by atoms with Crippen LogP contribution in [0, 0.1) is 5.82 Å². The second-order valence-electron chi connectivity index (χ2n) is 6.04. The van der Waals surface area contributed by atoms with Crippen LogP contribution in [-0.2, 0) is 13.2 Å². The second-order valence-corrected chi connectivity index (χ2v) is 7.10. The first-order valence-electron chi connectivity index (χ1n) is 8.11. The maximum absolute atomic E-state index is 13.6. The summed E-state index contributed by atoms with van der Waals surface area (Å²) in [6, 6.07) is 10.4. The van der Waals surface area contributed by atoms with Crippen LogP contribution in [-0.4, -0.2) is 19.6 Å². The zero-order chi connectivity index (χ0) is 17.8. The summed E-state index contributed by atoms with van der Waals surface area (Å²) in [5, 5.41) is 10.7. The van der Waals surface area contributed by atoms with Crippen molar-refractivity contribution in [3.05, 3.63) is 71.7 Å². The normalized spacial score (nSPS) is 11.2. The average molecular weight is 357 g/mol. The Morgan fingerprint density at radius 1 is 1.24 bits per heavy atom. The largest absolute Gasteiger partial charge is 0.388 e. The van der Waals surface area contributed by atoms with Gasteiger partial charge in [0.15, 0.2) is 0 Å². The first-order valence-corrected chi connectivity index (χ1v) is 8.92. The van der Waals surface area contributed by atoms with Gasteiger partial charge in [0.2, 0.25) is 0 Å². The molecule has 0 atom stereocenters. The molecule has 0 fully saturated rings. The highest BCUT2D eigenvalue weighted by molar-refractivity contribution is 7.99. The van der Waals surface area contributed by atoms with Gasteiger partial charge in [-0.2, -0.15) is 0 Å². The van der Waals surface area contributed by atoms with Crippen LogP contribution < -0.4 is 0 Å². The monoisotopic (exact) mass is 357 g/mol. The van der Waals surface area contributed by atoms with E-state index in [0.29, 0.717) is 12.4 Å². The highest BCUT2D eigenvalue weighted by atomic mass is 32.2. The summed E-state index contributed by atoms with van der Waals surface area (Å²) >= 11 is 1.47. The molecule has 0 spiro atoms. The summed E-state index contributed by atoms with van der Waals surface area (Å²) in [7, 11) is 0. The van der Waals surface area contributed by atoms with Crippen molar-refractivity contribution in [3.63, 3.8) is 0 Å². The number of halogens is 1. The molecule has 25 heavy (non-hydrogen) atoms. The van der Waals surface area contributed by atoms with E-state index in [1.807, 2.05) is 22.8 Å². The zero-order valence-corrected chi connectivity index (χ0v) is 15.0. The molecule has 2 heterocycles. The van der Waals surface area contributed by atoms with Gasteiger partial charge < -0.3 is 9.67 Å². The topological polar surface area (TPSA) is 50.9 Å². The summed E-state index contributed by atoms with van der Waals surface area (Å²) in [5.41, 5.74) is 1.92. The van der Waals surface area contributed by atoms with E-state index in [-0.39, 0.29) is 18.3 Å². The Kier molecular flexibility index (Phi) is 5.50. The van der Waals surface area contributed by atoms with E-state index in [9.17, 15) is 9.50 Å². The van der Waals surface area contributed by atoms with E-state index in [4.69, 9.17) is 0 Å². The first-order chi connectivity index (χ1) is 12.1. The Labute approximate surface area is 150 Å². The molecule has 0 unspecified atom stereocenters. The molecule has 6 heteroatoms. The minimum atomic E-state index is -0.267. The van der Waals surface area contributed by atoms with Crippen molar-refractivity contribution in [1.82, 2.24) is 14.5 Å². The number of imidazole rings is 1. The first kappa shape index (κ1) is 17.6. The number of aromatic nitrogens is 3. The fraction of sp³-hybridized carbons (Fsp3) is 0.263. The Morgan fingerprint density at radius 2 is 2.08 bits per heavy atom. The molecule has 0 aliphatic carbocycles. The maximum Gasteiger partial charge on any atom is 0.136 e. The van der Waals surface area contributed by atoms with Gasteiger partial charge in [-0.05, 0) is 35.7 Å². The van der Waals surface area contributed by atoms with Crippen LogP contribution in [0.25, 0.3) is 0 Å². The van der Waals surface area contributed by atoms with Gasteiger partial charge >= 0.3 is 0 Å². The van der Waals surface area contributed by atoms with E-state index in [1.165, 1.54) is 23.9 Å². The van der Waals surface area contributed by atoms with Gasteiger partial charge in [0, 0.05) is 17.3 Å². The van der Waals surface area contributed by atoms with Crippen molar-refractivity contribution >= 4 is 11.8 Å². The lowest BCUT2D eigenvalue weighted by atomic mass is 10.1. The van der Waals surface area contributed by atoms with Gasteiger partial charge in [-0.25, -0.2) is 9.37 Å². The van der Waals surface area contributed by atoms with Crippen LogP contribution in [0.2, 0.25) is 0 Å². The lowest BCUT2D eigenvalue weighted by Gasteiger charge is -2.13. The van der Waals surface area contributed by atoms with Crippen molar-refractivity contribution in [1.29, 1.82) is 0 Å². The molecular weight excluding hydrogens is 337 g/mol. The smallest absolute Gasteiger partial charge is 0.136 e. The number of hydrogen-bond acceptors (Lipinski definition) is 4. The minimum Gasteiger partial charge on any atom is -0.388 e. The second kappa shape index (κ2) is 7.80. The van der Waals surface area contributed by atoms with Crippen LogP contribution in [0.4, 0.5) is 4.39 Å². The molecule has 0 saturated heterocycles. The summed E-state index contributed by atoms with van der Waals surface area (Å²) in [5.74, 6) is 0.528. The van der Waals surface area contributed by atoms with E-state index in [0.717, 1.165) is 21.2 Å². The lowest BCUT2D eigenvalue weighted by molar-refractivity contribution is 0.265.